The molecule has 5 rings (SSSR count). The summed E-state index contributed by atoms with van der Waals surface area (Å²) in [6.07, 6.45) is 6.95. The third-order valence-electron chi connectivity index (χ3n) is 6.67. The predicted molar refractivity (Wildman–Crippen MR) is 116 cm³/mol. The predicted octanol–water partition coefficient (Wildman–Crippen LogP) is 4.42. The maximum atomic E-state index is 12.5. The lowest BCUT2D eigenvalue weighted by atomic mass is 9.74. The molecule has 4 heteroatoms. The SMILES string of the molecule is C[C@@H]1Oc2ccccc2C=C1C=C[C@@]12NC(=O)CCN1c1ccccc1C2(C)C. The number of nitrogens with zero attached hydrogens (tertiary/aromatic N) is 1. The van der Waals surface area contributed by atoms with E-state index in [1.165, 1.54) is 11.3 Å². The summed E-state index contributed by atoms with van der Waals surface area (Å²) in [5.41, 5.74) is 3.79. The number of ether oxygens (including phenoxy) is 1. The summed E-state index contributed by atoms with van der Waals surface area (Å²) in [7, 11) is 0. The largest absolute Gasteiger partial charge is 0.485 e. The molecular weight excluding hydrogens is 360 g/mol. The molecule has 0 aromatic heterocycles. The van der Waals surface area contributed by atoms with Crippen LogP contribution in [0, 0.1) is 0 Å². The van der Waals surface area contributed by atoms with Gasteiger partial charge in [-0.15, -0.1) is 0 Å². The van der Waals surface area contributed by atoms with Crippen LogP contribution in [0.2, 0.25) is 0 Å². The van der Waals surface area contributed by atoms with Gasteiger partial charge in [0.05, 0.1) is 0 Å². The van der Waals surface area contributed by atoms with Crippen LogP contribution in [0.1, 0.15) is 38.3 Å². The highest BCUT2D eigenvalue weighted by Gasteiger charge is 2.57. The fourth-order valence-electron chi connectivity index (χ4n) is 4.98. The standard InChI is InChI=1S/C25H26N2O2/c1-17-18(16-19-8-4-7-11-22(19)29-17)12-14-25-24(2,3)20-9-5-6-10-21(20)27(25)15-13-23(28)26-25/h4-12,14,16-17H,13,15H2,1-3H3,(H,26,28)/t17-,25+/m0/s1. The van der Waals surface area contributed by atoms with E-state index in [9.17, 15) is 4.79 Å². The molecule has 1 fully saturated rings. The van der Waals surface area contributed by atoms with Crippen LogP contribution in [0.5, 0.6) is 5.75 Å². The molecule has 3 heterocycles. The molecule has 2 aromatic carbocycles. The van der Waals surface area contributed by atoms with Gasteiger partial charge in [0.1, 0.15) is 17.5 Å². The van der Waals surface area contributed by atoms with Gasteiger partial charge in [0.2, 0.25) is 5.91 Å². The molecular formula is C25H26N2O2. The third kappa shape index (κ3) is 2.55. The Labute approximate surface area is 171 Å². The molecule has 1 saturated heterocycles. The summed E-state index contributed by atoms with van der Waals surface area (Å²) in [4.78, 5) is 14.9. The number of nitrogens with one attached hydrogen (secondary N) is 1. The van der Waals surface area contributed by atoms with Gasteiger partial charge in [-0.2, -0.15) is 0 Å². The number of amides is 1. The second-order valence-electron chi connectivity index (χ2n) is 8.63. The molecule has 4 nitrogen and oxygen atoms in total. The van der Waals surface area contributed by atoms with Crippen molar-refractivity contribution in [1.82, 2.24) is 5.32 Å². The van der Waals surface area contributed by atoms with Crippen molar-refractivity contribution in [2.45, 2.75) is 44.4 Å². The summed E-state index contributed by atoms with van der Waals surface area (Å²) in [6, 6.07) is 16.6. The topological polar surface area (TPSA) is 41.6 Å². The van der Waals surface area contributed by atoms with Crippen LogP contribution in [0.4, 0.5) is 5.69 Å². The highest BCUT2D eigenvalue weighted by atomic mass is 16.5. The molecule has 0 aliphatic carbocycles. The molecule has 1 amide bonds. The number of fused-ring (bicyclic) bond motifs is 4. The number of carbonyl (C=O) groups is 1. The molecule has 0 unspecified atom stereocenters. The second-order valence-corrected chi connectivity index (χ2v) is 8.63. The van der Waals surface area contributed by atoms with Gasteiger partial charge < -0.3 is 15.0 Å². The quantitative estimate of drug-likeness (QED) is 0.831. The Morgan fingerprint density at radius 3 is 2.76 bits per heavy atom. The first kappa shape index (κ1) is 18.0. The molecule has 3 aliphatic rings. The minimum atomic E-state index is -0.594. The van der Waals surface area contributed by atoms with Gasteiger partial charge in [0.25, 0.3) is 0 Å². The van der Waals surface area contributed by atoms with Gasteiger partial charge in [-0.3, -0.25) is 4.79 Å². The third-order valence-corrected chi connectivity index (χ3v) is 6.67. The normalized spacial score (nSPS) is 26.9. The van der Waals surface area contributed by atoms with Crippen LogP contribution < -0.4 is 15.0 Å². The second kappa shape index (κ2) is 6.24. The molecule has 1 N–H and O–H groups in total. The van der Waals surface area contributed by atoms with E-state index in [2.05, 4.69) is 79.5 Å². The van der Waals surface area contributed by atoms with E-state index >= 15 is 0 Å². The van der Waals surface area contributed by atoms with E-state index in [-0.39, 0.29) is 17.4 Å². The van der Waals surface area contributed by atoms with Crippen LogP contribution in [-0.2, 0) is 10.2 Å². The highest BCUT2D eigenvalue weighted by molar-refractivity contribution is 5.84. The Hall–Kier alpha value is -3.01. The fourth-order valence-corrected chi connectivity index (χ4v) is 4.98. The van der Waals surface area contributed by atoms with E-state index in [0.717, 1.165) is 16.9 Å². The van der Waals surface area contributed by atoms with E-state index in [1.54, 1.807) is 0 Å². The lowest BCUT2D eigenvalue weighted by Crippen LogP contribution is -2.68. The number of anilines is 1. The molecule has 29 heavy (non-hydrogen) atoms. The Balaban J connectivity index is 1.60. The van der Waals surface area contributed by atoms with Gasteiger partial charge in [0.15, 0.2) is 0 Å². The number of para-hydroxylation sites is 2. The number of rotatable bonds is 2. The number of carbonyl (C=O) groups excluding carboxylic acids is 1. The van der Waals surface area contributed by atoms with Gasteiger partial charge in [-0.1, -0.05) is 56.3 Å². The number of hydrogen-bond acceptors (Lipinski definition) is 3. The zero-order valence-electron chi connectivity index (χ0n) is 17.1. The van der Waals surface area contributed by atoms with Crippen molar-refractivity contribution in [1.29, 1.82) is 0 Å². The fraction of sp³-hybridized carbons (Fsp3) is 0.320. The lowest BCUT2D eigenvalue weighted by Gasteiger charge is -2.49. The van der Waals surface area contributed by atoms with Crippen LogP contribution in [-0.4, -0.2) is 24.2 Å². The van der Waals surface area contributed by atoms with Gasteiger partial charge in [-0.25, -0.2) is 0 Å². The summed E-state index contributed by atoms with van der Waals surface area (Å²) in [5, 5.41) is 3.33. The average Bonchev–Trinajstić information content (AvgIpc) is 2.90. The molecule has 3 aliphatic heterocycles. The average molecular weight is 386 g/mol. The Morgan fingerprint density at radius 2 is 1.90 bits per heavy atom. The first-order chi connectivity index (χ1) is 13.9. The van der Waals surface area contributed by atoms with Crippen LogP contribution in [0.15, 0.2) is 66.3 Å². The lowest BCUT2D eigenvalue weighted by molar-refractivity contribution is -0.124. The molecule has 0 radical (unpaired) electrons. The van der Waals surface area contributed by atoms with E-state index in [4.69, 9.17) is 4.74 Å². The monoisotopic (exact) mass is 386 g/mol. The van der Waals surface area contributed by atoms with E-state index in [1.807, 2.05) is 18.2 Å². The van der Waals surface area contributed by atoms with Crippen molar-refractivity contribution < 1.29 is 9.53 Å². The van der Waals surface area contributed by atoms with Gasteiger partial charge in [-0.05, 0) is 42.3 Å². The maximum absolute atomic E-state index is 12.5. The van der Waals surface area contributed by atoms with Crippen molar-refractivity contribution in [2.75, 3.05) is 11.4 Å². The minimum absolute atomic E-state index is 0.0443. The van der Waals surface area contributed by atoms with Crippen LogP contribution in [0.3, 0.4) is 0 Å². The summed E-state index contributed by atoms with van der Waals surface area (Å²) < 4.78 is 6.11. The van der Waals surface area contributed by atoms with Crippen molar-refractivity contribution in [3.8, 4) is 5.75 Å². The zero-order chi connectivity index (χ0) is 20.2. The smallest absolute Gasteiger partial charge is 0.223 e. The first-order valence-corrected chi connectivity index (χ1v) is 10.3. The van der Waals surface area contributed by atoms with E-state index in [0.29, 0.717) is 13.0 Å². The molecule has 0 bridgehead atoms. The van der Waals surface area contributed by atoms with Crippen LogP contribution >= 0.6 is 0 Å². The van der Waals surface area contributed by atoms with Gasteiger partial charge >= 0.3 is 0 Å². The van der Waals surface area contributed by atoms with Crippen molar-refractivity contribution in [3.05, 3.63) is 77.4 Å². The Morgan fingerprint density at radius 1 is 1.14 bits per heavy atom. The number of benzene rings is 2. The van der Waals surface area contributed by atoms with Crippen molar-refractivity contribution in [2.24, 2.45) is 0 Å². The molecule has 2 atom stereocenters. The van der Waals surface area contributed by atoms with Crippen LogP contribution in [0.25, 0.3) is 6.08 Å². The summed E-state index contributed by atoms with van der Waals surface area (Å²) in [6.45, 7) is 7.21. The maximum Gasteiger partial charge on any atom is 0.223 e. The molecule has 2 aromatic rings. The molecule has 0 spiro atoms. The molecule has 0 saturated carbocycles. The number of hydrogen-bond donors (Lipinski definition) is 1. The highest BCUT2D eigenvalue weighted by Crippen LogP contribution is 2.52. The summed E-state index contributed by atoms with van der Waals surface area (Å²) >= 11 is 0. The minimum Gasteiger partial charge on any atom is -0.485 e. The Kier molecular flexibility index (Phi) is 3.89. The first-order valence-electron chi connectivity index (χ1n) is 10.3. The van der Waals surface area contributed by atoms with Crippen molar-refractivity contribution >= 4 is 17.7 Å². The Bertz CT molecular complexity index is 1050. The van der Waals surface area contributed by atoms with Gasteiger partial charge in [0, 0.05) is 29.6 Å². The summed E-state index contributed by atoms with van der Waals surface area (Å²) in [5.74, 6) is 1.01. The van der Waals surface area contributed by atoms with E-state index < -0.39 is 5.66 Å². The molecule has 148 valence electrons. The zero-order valence-corrected chi connectivity index (χ0v) is 17.1. The van der Waals surface area contributed by atoms with Crippen molar-refractivity contribution in [3.63, 3.8) is 0 Å².